The Labute approximate surface area is 135 Å². The number of aromatic nitrogens is 5. The molecule has 0 amide bonds. The van der Waals surface area contributed by atoms with Crippen LogP contribution in [-0.2, 0) is 18.9 Å². The molecular weight excluding hydrogens is 292 g/mol. The maximum Gasteiger partial charge on any atom is 0.235 e. The lowest BCUT2D eigenvalue weighted by Crippen LogP contribution is -2.33. The van der Waals surface area contributed by atoms with Gasteiger partial charge in [-0.15, -0.1) is 0 Å². The zero-order chi connectivity index (χ0) is 15.4. The van der Waals surface area contributed by atoms with Crippen LogP contribution in [0.2, 0.25) is 0 Å². The van der Waals surface area contributed by atoms with E-state index in [2.05, 4.69) is 20.1 Å². The van der Waals surface area contributed by atoms with Gasteiger partial charge in [-0.25, -0.2) is 4.68 Å². The van der Waals surface area contributed by atoms with E-state index in [-0.39, 0.29) is 5.41 Å². The minimum atomic E-state index is 0.0146. The average molecular weight is 314 g/mol. The van der Waals surface area contributed by atoms with E-state index in [1.54, 1.807) is 6.33 Å². The highest BCUT2D eigenvalue weighted by Gasteiger charge is 2.55. The molecule has 0 aromatic carbocycles. The first-order valence-corrected chi connectivity index (χ1v) is 8.66. The van der Waals surface area contributed by atoms with E-state index in [4.69, 9.17) is 9.51 Å². The number of nitrogens with zero attached hydrogens (tertiary/aromatic N) is 6. The van der Waals surface area contributed by atoms with Crippen molar-refractivity contribution in [1.82, 2.24) is 24.9 Å². The normalized spacial score (nSPS) is 30.1. The van der Waals surface area contributed by atoms with Crippen LogP contribution in [0.1, 0.15) is 43.8 Å². The maximum atomic E-state index is 5.75. The summed E-state index contributed by atoms with van der Waals surface area (Å²) >= 11 is 0. The lowest BCUT2D eigenvalue weighted by molar-refractivity contribution is 0.265. The highest BCUT2D eigenvalue weighted by molar-refractivity contribution is 5.37. The van der Waals surface area contributed by atoms with Crippen molar-refractivity contribution < 1.29 is 4.52 Å². The van der Waals surface area contributed by atoms with Crippen LogP contribution in [0.5, 0.6) is 0 Å². The van der Waals surface area contributed by atoms with Crippen molar-refractivity contribution in [3.8, 4) is 0 Å². The molecule has 3 fully saturated rings. The van der Waals surface area contributed by atoms with Gasteiger partial charge in [0, 0.05) is 26.6 Å². The van der Waals surface area contributed by atoms with Crippen LogP contribution in [0.4, 0.5) is 5.95 Å². The van der Waals surface area contributed by atoms with Crippen LogP contribution in [0.15, 0.2) is 10.9 Å². The summed E-state index contributed by atoms with van der Waals surface area (Å²) in [6.07, 6.45) is 8.85. The molecule has 0 unspecified atom stereocenters. The SMILES string of the molecule is Cn1ncnc1N1C[C@H]2CCC[C@@]2(c2nc(CC3CC3)no2)C1. The van der Waals surface area contributed by atoms with Crippen LogP contribution in [0, 0.1) is 11.8 Å². The number of anilines is 1. The number of fused-ring (bicyclic) bond motifs is 1. The molecule has 7 nitrogen and oxygen atoms in total. The molecule has 1 aliphatic heterocycles. The Morgan fingerprint density at radius 2 is 2.26 bits per heavy atom. The molecule has 2 aromatic heterocycles. The fraction of sp³-hybridized carbons (Fsp3) is 0.750. The molecule has 2 aromatic rings. The molecule has 2 atom stereocenters. The van der Waals surface area contributed by atoms with E-state index in [9.17, 15) is 0 Å². The topological polar surface area (TPSA) is 72.9 Å². The molecular formula is C16H22N6O. The molecule has 7 heteroatoms. The Bertz CT molecular complexity index is 720. The Hall–Kier alpha value is -1.92. The third-order valence-corrected chi connectivity index (χ3v) is 5.90. The van der Waals surface area contributed by atoms with Gasteiger partial charge in [0.1, 0.15) is 6.33 Å². The van der Waals surface area contributed by atoms with Crippen LogP contribution in [-0.4, -0.2) is 38.0 Å². The van der Waals surface area contributed by atoms with Crippen molar-refractivity contribution in [1.29, 1.82) is 0 Å². The van der Waals surface area contributed by atoms with Crippen LogP contribution >= 0.6 is 0 Å². The van der Waals surface area contributed by atoms with E-state index < -0.39 is 0 Å². The van der Waals surface area contributed by atoms with Crippen molar-refractivity contribution >= 4 is 5.95 Å². The summed E-state index contributed by atoms with van der Waals surface area (Å²) in [6.45, 7) is 1.92. The summed E-state index contributed by atoms with van der Waals surface area (Å²) in [5.74, 6) is 4.07. The number of aryl methyl sites for hydroxylation is 1. The molecule has 3 heterocycles. The Balaban J connectivity index is 1.44. The fourth-order valence-corrected chi connectivity index (χ4v) is 4.49. The molecule has 23 heavy (non-hydrogen) atoms. The predicted molar refractivity (Wildman–Crippen MR) is 83.0 cm³/mol. The minimum absolute atomic E-state index is 0.0146. The molecule has 0 spiro atoms. The Kier molecular flexibility index (Phi) is 2.81. The molecule has 0 N–H and O–H groups in total. The van der Waals surface area contributed by atoms with Crippen molar-refractivity contribution in [2.24, 2.45) is 18.9 Å². The van der Waals surface area contributed by atoms with Crippen molar-refractivity contribution in [2.45, 2.75) is 43.9 Å². The van der Waals surface area contributed by atoms with E-state index in [0.717, 1.165) is 49.5 Å². The van der Waals surface area contributed by atoms with Gasteiger partial charge in [0.25, 0.3) is 0 Å². The molecule has 2 aliphatic carbocycles. The number of hydrogen-bond donors (Lipinski definition) is 0. The summed E-state index contributed by atoms with van der Waals surface area (Å²) in [7, 11) is 1.95. The van der Waals surface area contributed by atoms with Gasteiger partial charge in [-0.2, -0.15) is 15.1 Å². The summed E-state index contributed by atoms with van der Waals surface area (Å²) in [6, 6.07) is 0. The van der Waals surface area contributed by atoms with Crippen LogP contribution < -0.4 is 4.90 Å². The van der Waals surface area contributed by atoms with Gasteiger partial charge >= 0.3 is 0 Å². The van der Waals surface area contributed by atoms with Gasteiger partial charge in [0.15, 0.2) is 5.82 Å². The second-order valence-corrected chi connectivity index (χ2v) is 7.47. The number of rotatable bonds is 4. The summed E-state index contributed by atoms with van der Waals surface area (Å²) in [5, 5.41) is 8.47. The van der Waals surface area contributed by atoms with Crippen LogP contribution in [0.25, 0.3) is 0 Å². The van der Waals surface area contributed by atoms with Gasteiger partial charge in [0.2, 0.25) is 11.8 Å². The van der Waals surface area contributed by atoms with Crippen molar-refractivity contribution in [2.75, 3.05) is 18.0 Å². The van der Waals surface area contributed by atoms with Gasteiger partial charge in [-0.05, 0) is 37.5 Å². The molecule has 5 rings (SSSR count). The van der Waals surface area contributed by atoms with Crippen LogP contribution in [0.3, 0.4) is 0 Å². The highest BCUT2D eigenvalue weighted by Crippen LogP contribution is 2.50. The minimum Gasteiger partial charge on any atom is -0.340 e. The van der Waals surface area contributed by atoms with E-state index >= 15 is 0 Å². The highest BCUT2D eigenvalue weighted by atomic mass is 16.5. The molecule has 2 saturated carbocycles. The average Bonchev–Trinajstić information content (AvgIpc) is 2.91. The van der Waals surface area contributed by atoms with Gasteiger partial charge in [0.05, 0.1) is 5.41 Å². The number of hydrogen-bond acceptors (Lipinski definition) is 6. The molecule has 1 saturated heterocycles. The van der Waals surface area contributed by atoms with Crippen molar-refractivity contribution in [3.63, 3.8) is 0 Å². The van der Waals surface area contributed by atoms with Gasteiger partial charge in [-0.1, -0.05) is 11.6 Å². The molecule has 3 aliphatic rings. The van der Waals surface area contributed by atoms with Crippen molar-refractivity contribution in [3.05, 3.63) is 18.0 Å². The standard InChI is InChI=1S/C16H22N6O/c1-21-15(17-10-18-21)22-8-12-3-2-6-16(12,9-22)14-19-13(20-23-14)7-11-4-5-11/h10-12H,2-9H2,1H3/t12-,16-/m1/s1. The third-order valence-electron chi connectivity index (χ3n) is 5.90. The Morgan fingerprint density at radius 3 is 3.04 bits per heavy atom. The first-order chi connectivity index (χ1) is 11.2. The second-order valence-electron chi connectivity index (χ2n) is 7.47. The first kappa shape index (κ1) is 13.5. The quantitative estimate of drug-likeness (QED) is 0.855. The molecule has 0 radical (unpaired) electrons. The Morgan fingerprint density at radius 1 is 1.35 bits per heavy atom. The molecule has 0 bridgehead atoms. The summed E-state index contributed by atoms with van der Waals surface area (Å²) in [4.78, 5) is 11.5. The lowest BCUT2D eigenvalue weighted by Gasteiger charge is -2.24. The summed E-state index contributed by atoms with van der Waals surface area (Å²) < 4.78 is 7.60. The zero-order valence-corrected chi connectivity index (χ0v) is 13.5. The summed E-state index contributed by atoms with van der Waals surface area (Å²) in [5.41, 5.74) is 0.0146. The predicted octanol–water partition coefficient (Wildman–Crippen LogP) is 1.71. The van der Waals surface area contributed by atoms with Gasteiger partial charge in [-0.3, -0.25) is 0 Å². The third kappa shape index (κ3) is 2.09. The maximum absolute atomic E-state index is 5.75. The van der Waals surface area contributed by atoms with E-state index in [0.29, 0.717) is 5.92 Å². The van der Waals surface area contributed by atoms with Gasteiger partial charge < -0.3 is 9.42 Å². The first-order valence-electron chi connectivity index (χ1n) is 8.66. The lowest BCUT2D eigenvalue weighted by atomic mass is 9.80. The molecule has 122 valence electrons. The monoisotopic (exact) mass is 314 g/mol. The smallest absolute Gasteiger partial charge is 0.235 e. The largest absolute Gasteiger partial charge is 0.340 e. The second kappa shape index (κ2) is 4.79. The van der Waals surface area contributed by atoms with E-state index in [1.807, 2.05) is 11.7 Å². The fourth-order valence-electron chi connectivity index (χ4n) is 4.49. The zero-order valence-electron chi connectivity index (χ0n) is 13.5. The van der Waals surface area contributed by atoms with E-state index in [1.165, 1.54) is 25.7 Å².